The number of carbonyl (C=O) groups is 3. The Labute approximate surface area is 142 Å². The van der Waals surface area contributed by atoms with Crippen LogP contribution in [0, 0.1) is 0 Å². The van der Waals surface area contributed by atoms with Crippen molar-refractivity contribution >= 4 is 17.8 Å². The summed E-state index contributed by atoms with van der Waals surface area (Å²) in [6.45, 7) is 4.66. The standard InChI is InChI=1S/C17H27N3O4/c1-12-9-19(10-13(2)24-12)14(21)11-20-15(22)17(18-16(20)23)7-5-3-4-6-8-17/h12-13H,3-11H2,1-2H3,(H,18,23)/t12-,13-/m1/s1. The third-order valence-corrected chi connectivity index (χ3v) is 5.27. The van der Waals surface area contributed by atoms with Crippen LogP contribution in [0.1, 0.15) is 52.4 Å². The van der Waals surface area contributed by atoms with Crippen LogP contribution >= 0.6 is 0 Å². The van der Waals surface area contributed by atoms with Gasteiger partial charge in [0.1, 0.15) is 12.1 Å². The van der Waals surface area contributed by atoms with E-state index < -0.39 is 11.6 Å². The summed E-state index contributed by atoms with van der Waals surface area (Å²) in [4.78, 5) is 40.5. The maximum atomic E-state index is 12.8. The van der Waals surface area contributed by atoms with Crippen molar-refractivity contribution in [3.63, 3.8) is 0 Å². The normalized spacial score (nSPS) is 30.4. The number of amides is 4. The van der Waals surface area contributed by atoms with Crippen molar-refractivity contribution in [2.75, 3.05) is 19.6 Å². The van der Waals surface area contributed by atoms with E-state index in [0.717, 1.165) is 30.6 Å². The Morgan fingerprint density at radius 1 is 1.12 bits per heavy atom. The summed E-state index contributed by atoms with van der Waals surface area (Å²) < 4.78 is 5.63. The molecule has 2 atom stereocenters. The molecule has 1 N–H and O–H groups in total. The van der Waals surface area contributed by atoms with Gasteiger partial charge in [0.15, 0.2) is 0 Å². The molecule has 2 saturated heterocycles. The molecule has 7 nitrogen and oxygen atoms in total. The van der Waals surface area contributed by atoms with E-state index >= 15 is 0 Å². The number of urea groups is 1. The molecule has 1 saturated carbocycles. The van der Waals surface area contributed by atoms with E-state index in [4.69, 9.17) is 4.74 Å². The number of nitrogens with zero attached hydrogens (tertiary/aromatic N) is 2. The molecule has 0 bridgehead atoms. The number of imide groups is 1. The predicted molar refractivity (Wildman–Crippen MR) is 87.3 cm³/mol. The molecule has 0 aromatic carbocycles. The van der Waals surface area contributed by atoms with Crippen molar-refractivity contribution in [3.8, 4) is 0 Å². The van der Waals surface area contributed by atoms with Crippen LogP contribution in [0.25, 0.3) is 0 Å². The fourth-order valence-corrected chi connectivity index (χ4v) is 4.11. The van der Waals surface area contributed by atoms with Crippen LogP contribution in [0.2, 0.25) is 0 Å². The molecule has 0 aromatic heterocycles. The second kappa shape index (κ2) is 6.70. The fourth-order valence-electron chi connectivity index (χ4n) is 4.11. The van der Waals surface area contributed by atoms with Gasteiger partial charge in [-0.15, -0.1) is 0 Å². The Hall–Kier alpha value is -1.63. The fraction of sp³-hybridized carbons (Fsp3) is 0.824. The molecular formula is C17H27N3O4. The molecule has 4 amide bonds. The van der Waals surface area contributed by atoms with E-state index in [1.165, 1.54) is 0 Å². The summed E-state index contributed by atoms with van der Waals surface area (Å²) >= 11 is 0. The molecular weight excluding hydrogens is 310 g/mol. The summed E-state index contributed by atoms with van der Waals surface area (Å²) in [7, 11) is 0. The number of morpholine rings is 1. The van der Waals surface area contributed by atoms with Gasteiger partial charge in [0.2, 0.25) is 5.91 Å². The van der Waals surface area contributed by atoms with Crippen molar-refractivity contribution < 1.29 is 19.1 Å². The highest BCUT2D eigenvalue weighted by Gasteiger charge is 2.51. The van der Waals surface area contributed by atoms with Crippen molar-refractivity contribution in [3.05, 3.63) is 0 Å². The van der Waals surface area contributed by atoms with E-state index in [0.29, 0.717) is 25.9 Å². The Morgan fingerprint density at radius 3 is 2.29 bits per heavy atom. The summed E-state index contributed by atoms with van der Waals surface area (Å²) in [5, 5.41) is 2.88. The molecule has 3 rings (SSSR count). The van der Waals surface area contributed by atoms with E-state index in [2.05, 4.69) is 5.32 Å². The Kier molecular flexibility index (Phi) is 4.80. The van der Waals surface area contributed by atoms with E-state index in [-0.39, 0.29) is 30.6 Å². The second-order valence-corrected chi connectivity index (χ2v) is 7.37. The van der Waals surface area contributed by atoms with Crippen LogP contribution in [-0.4, -0.2) is 65.0 Å². The number of hydrogen-bond donors (Lipinski definition) is 1. The zero-order chi connectivity index (χ0) is 17.3. The molecule has 24 heavy (non-hydrogen) atoms. The van der Waals surface area contributed by atoms with Crippen molar-refractivity contribution in [2.45, 2.75) is 70.1 Å². The molecule has 3 fully saturated rings. The lowest BCUT2D eigenvalue weighted by atomic mass is 9.90. The number of ether oxygens (including phenoxy) is 1. The number of rotatable bonds is 2. The van der Waals surface area contributed by atoms with Crippen LogP contribution in [0.3, 0.4) is 0 Å². The van der Waals surface area contributed by atoms with E-state index in [1.54, 1.807) is 4.90 Å². The highest BCUT2D eigenvalue weighted by Crippen LogP contribution is 2.32. The first-order valence-electron chi connectivity index (χ1n) is 8.99. The minimum absolute atomic E-state index is 0.0333. The molecule has 1 spiro atoms. The van der Waals surface area contributed by atoms with Crippen LogP contribution in [0.15, 0.2) is 0 Å². The molecule has 2 aliphatic heterocycles. The van der Waals surface area contributed by atoms with Crippen LogP contribution in [-0.2, 0) is 14.3 Å². The lowest BCUT2D eigenvalue weighted by molar-refractivity contribution is -0.146. The lowest BCUT2D eigenvalue weighted by Gasteiger charge is -2.35. The van der Waals surface area contributed by atoms with Gasteiger partial charge < -0.3 is 15.0 Å². The largest absolute Gasteiger partial charge is 0.372 e. The zero-order valence-corrected chi connectivity index (χ0v) is 14.5. The maximum Gasteiger partial charge on any atom is 0.325 e. The second-order valence-electron chi connectivity index (χ2n) is 7.37. The number of nitrogens with one attached hydrogen (secondary N) is 1. The van der Waals surface area contributed by atoms with Crippen molar-refractivity contribution in [1.82, 2.24) is 15.1 Å². The average Bonchev–Trinajstić information content (AvgIpc) is 2.70. The number of hydrogen-bond acceptors (Lipinski definition) is 4. The first-order chi connectivity index (χ1) is 11.4. The Morgan fingerprint density at radius 2 is 1.71 bits per heavy atom. The lowest BCUT2D eigenvalue weighted by Crippen LogP contribution is -2.52. The zero-order valence-electron chi connectivity index (χ0n) is 14.5. The molecule has 2 heterocycles. The molecule has 1 aliphatic carbocycles. The van der Waals surface area contributed by atoms with Gasteiger partial charge in [-0.2, -0.15) is 0 Å². The summed E-state index contributed by atoms with van der Waals surface area (Å²) in [6.07, 6.45) is 5.34. The SMILES string of the molecule is C[C@@H]1CN(C(=O)CN2C(=O)NC3(CCCCCC3)C2=O)C[C@@H](C)O1. The van der Waals surface area contributed by atoms with Crippen molar-refractivity contribution in [2.24, 2.45) is 0 Å². The first-order valence-corrected chi connectivity index (χ1v) is 8.99. The molecule has 0 aromatic rings. The summed E-state index contributed by atoms with van der Waals surface area (Å²) in [5.74, 6) is -0.414. The average molecular weight is 337 g/mol. The van der Waals surface area contributed by atoms with Gasteiger partial charge in [-0.3, -0.25) is 14.5 Å². The maximum absolute atomic E-state index is 12.8. The third-order valence-electron chi connectivity index (χ3n) is 5.27. The third kappa shape index (κ3) is 3.27. The van der Waals surface area contributed by atoms with Gasteiger partial charge in [-0.25, -0.2) is 4.79 Å². The minimum atomic E-state index is -0.778. The van der Waals surface area contributed by atoms with E-state index in [1.807, 2.05) is 13.8 Å². The van der Waals surface area contributed by atoms with Gasteiger partial charge in [-0.1, -0.05) is 25.7 Å². The van der Waals surface area contributed by atoms with Crippen LogP contribution in [0.5, 0.6) is 0 Å². The summed E-state index contributed by atoms with van der Waals surface area (Å²) in [5.41, 5.74) is -0.778. The molecule has 3 aliphatic rings. The number of carbonyl (C=O) groups excluding carboxylic acids is 3. The molecule has 0 radical (unpaired) electrons. The quantitative estimate of drug-likeness (QED) is 0.770. The van der Waals surface area contributed by atoms with Gasteiger partial charge in [-0.05, 0) is 26.7 Å². The smallest absolute Gasteiger partial charge is 0.325 e. The molecule has 0 unspecified atom stereocenters. The van der Waals surface area contributed by atoms with Crippen LogP contribution < -0.4 is 5.32 Å². The van der Waals surface area contributed by atoms with Gasteiger partial charge in [0.05, 0.1) is 12.2 Å². The summed E-state index contributed by atoms with van der Waals surface area (Å²) in [6, 6.07) is -0.426. The Bertz CT molecular complexity index is 518. The van der Waals surface area contributed by atoms with Gasteiger partial charge in [0.25, 0.3) is 5.91 Å². The molecule has 7 heteroatoms. The predicted octanol–water partition coefficient (Wildman–Crippen LogP) is 1.27. The van der Waals surface area contributed by atoms with Gasteiger partial charge in [0, 0.05) is 13.1 Å². The molecule has 134 valence electrons. The van der Waals surface area contributed by atoms with Gasteiger partial charge >= 0.3 is 6.03 Å². The highest BCUT2D eigenvalue weighted by molar-refractivity contribution is 6.09. The highest BCUT2D eigenvalue weighted by atomic mass is 16.5. The monoisotopic (exact) mass is 337 g/mol. The van der Waals surface area contributed by atoms with E-state index in [9.17, 15) is 14.4 Å². The minimum Gasteiger partial charge on any atom is -0.372 e. The van der Waals surface area contributed by atoms with Crippen molar-refractivity contribution in [1.29, 1.82) is 0 Å². The topological polar surface area (TPSA) is 79.0 Å². The Balaban J connectivity index is 1.67. The first kappa shape index (κ1) is 17.2. The van der Waals surface area contributed by atoms with Crippen LogP contribution in [0.4, 0.5) is 4.79 Å².